The number of nitrogens with one attached hydrogen (secondary N) is 2. The molecule has 0 saturated carbocycles. The van der Waals surface area contributed by atoms with Crippen LogP contribution in [-0.2, 0) is 6.18 Å². The second-order valence-electron chi connectivity index (χ2n) is 5.72. The average Bonchev–Trinajstić information content (AvgIpc) is 2.55. The van der Waals surface area contributed by atoms with Crippen molar-refractivity contribution in [3.8, 4) is 5.75 Å². The summed E-state index contributed by atoms with van der Waals surface area (Å²) in [4.78, 5) is 9.34. The van der Waals surface area contributed by atoms with Gasteiger partial charge in [0.05, 0.1) is 0 Å². The summed E-state index contributed by atoms with van der Waals surface area (Å²) in [6.07, 6.45) is -4.65. The molecule has 0 bridgehead atoms. The number of aromatic nitrogens is 2. The van der Waals surface area contributed by atoms with E-state index in [1.165, 1.54) is 24.3 Å². The van der Waals surface area contributed by atoms with Crippen LogP contribution in [0.1, 0.15) is 5.69 Å². The molecule has 1 aromatic carbocycles. The summed E-state index contributed by atoms with van der Waals surface area (Å²) in [7, 11) is 3.64. The molecular weight excluding hydrogens is 373 g/mol. The maximum Gasteiger partial charge on any atom is 0.433 e. The Balaban J connectivity index is 2.18. The third kappa shape index (κ3) is 6.85. The summed E-state index contributed by atoms with van der Waals surface area (Å²) < 4.78 is 67.7. The second-order valence-corrected chi connectivity index (χ2v) is 5.72. The molecule has 0 saturated heterocycles. The van der Waals surface area contributed by atoms with Crippen LogP contribution in [0, 0.1) is 0 Å². The molecule has 148 valence electrons. The predicted molar refractivity (Wildman–Crippen MR) is 90.4 cm³/mol. The number of halogens is 5. The van der Waals surface area contributed by atoms with Gasteiger partial charge in [-0.15, -0.1) is 0 Å². The molecule has 0 spiro atoms. The fourth-order valence-electron chi connectivity index (χ4n) is 1.99. The van der Waals surface area contributed by atoms with Crippen molar-refractivity contribution >= 4 is 17.5 Å². The van der Waals surface area contributed by atoms with E-state index < -0.39 is 18.5 Å². The van der Waals surface area contributed by atoms with Crippen molar-refractivity contribution in [2.24, 2.45) is 0 Å². The molecule has 0 aliphatic carbocycles. The first kappa shape index (κ1) is 20.6. The Morgan fingerprint density at radius 1 is 1.11 bits per heavy atom. The van der Waals surface area contributed by atoms with Crippen molar-refractivity contribution in [1.29, 1.82) is 0 Å². The first-order valence-corrected chi connectivity index (χ1v) is 7.80. The van der Waals surface area contributed by atoms with Crippen molar-refractivity contribution < 1.29 is 26.7 Å². The van der Waals surface area contributed by atoms with Gasteiger partial charge >= 0.3 is 12.8 Å². The van der Waals surface area contributed by atoms with Crippen molar-refractivity contribution in [2.45, 2.75) is 12.8 Å². The third-order valence-corrected chi connectivity index (χ3v) is 3.21. The Hall–Kier alpha value is -2.69. The zero-order chi connectivity index (χ0) is 20.0. The Morgan fingerprint density at radius 3 is 2.33 bits per heavy atom. The first-order chi connectivity index (χ1) is 12.6. The number of hydrogen-bond donors (Lipinski definition) is 2. The predicted octanol–water partition coefficient (Wildman–Crippen LogP) is 3.81. The number of anilines is 3. The molecule has 2 aromatic rings. The van der Waals surface area contributed by atoms with Gasteiger partial charge in [0.2, 0.25) is 5.95 Å². The summed E-state index contributed by atoms with van der Waals surface area (Å²) in [5, 5.41) is 5.43. The maximum atomic E-state index is 13.1. The smallest absolute Gasteiger partial charge is 0.433 e. The number of likely N-dealkylation sites (N-methyl/N-ethyl adjacent to an activating group) is 1. The number of nitrogens with zero attached hydrogens (tertiary/aromatic N) is 3. The van der Waals surface area contributed by atoms with Gasteiger partial charge in [-0.05, 0) is 38.4 Å². The van der Waals surface area contributed by atoms with E-state index in [2.05, 4.69) is 25.3 Å². The van der Waals surface area contributed by atoms with E-state index in [0.29, 0.717) is 18.8 Å². The highest BCUT2D eigenvalue weighted by Crippen LogP contribution is 2.30. The Bertz CT molecular complexity index is 737. The third-order valence-electron chi connectivity index (χ3n) is 3.21. The van der Waals surface area contributed by atoms with Gasteiger partial charge < -0.3 is 20.3 Å². The lowest BCUT2D eigenvalue weighted by Crippen LogP contribution is -2.22. The van der Waals surface area contributed by atoms with Gasteiger partial charge in [0.1, 0.15) is 11.6 Å². The zero-order valence-corrected chi connectivity index (χ0v) is 14.5. The van der Waals surface area contributed by atoms with E-state index in [1.54, 1.807) is 0 Å². The molecule has 2 rings (SSSR count). The van der Waals surface area contributed by atoms with E-state index in [4.69, 9.17) is 0 Å². The van der Waals surface area contributed by atoms with Gasteiger partial charge in [-0.25, -0.2) is 4.98 Å². The van der Waals surface area contributed by atoms with Crippen molar-refractivity contribution in [3.05, 3.63) is 36.0 Å². The molecular formula is C16H18F5N5O. The van der Waals surface area contributed by atoms with E-state index in [1.807, 2.05) is 19.0 Å². The minimum absolute atomic E-state index is 0.0692. The van der Waals surface area contributed by atoms with Gasteiger partial charge in [-0.1, -0.05) is 0 Å². The Morgan fingerprint density at radius 2 is 1.78 bits per heavy atom. The Kier molecular flexibility index (Phi) is 6.72. The zero-order valence-electron chi connectivity index (χ0n) is 14.5. The van der Waals surface area contributed by atoms with Gasteiger partial charge in [0.15, 0.2) is 5.69 Å². The summed E-state index contributed by atoms with van der Waals surface area (Å²) >= 11 is 0. The number of benzene rings is 1. The summed E-state index contributed by atoms with van der Waals surface area (Å²) in [5.41, 5.74) is -0.757. The molecule has 0 aliphatic heterocycles. The minimum Gasteiger partial charge on any atom is -0.435 e. The molecule has 0 unspecified atom stereocenters. The highest BCUT2D eigenvalue weighted by atomic mass is 19.4. The van der Waals surface area contributed by atoms with Crippen molar-refractivity contribution in [1.82, 2.24) is 14.9 Å². The highest BCUT2D eigenvalue weighted by Gasteiger charge is 2.33. The summed E-state index contributed by atoms with van der Waals surface area (Å²) in [6, 6.07) is 6.05. The minimum atomic E-state index is -4.65. The average molecular weight is 391 g/mol. The molecule has 0 amide bonds. The van der Waals surface area contributed by atoms with Gasteiger partial charge in [-0.2, -0.15) is 26.9 Å². The molecule has 6 nitrogen and oxygen atoms in total. The van der Waals surface area contributed by atoms with E-state index in [9.17, 15) is 22.0 Å². The first-order valence-electron chi connectivity index (χ1n) is 7.80. The van der Waals surface area contributed by atoms with Gasteiger partial charge in [0, 0.05) is 24.8 Å². The van der Waals surface area contributed by atoms with E-state index >= 15 is 0 Å². The fraction of sp³-hybridized carbons (Fsp3) is 0.375. The van der Waals surface area contributed by atoms with Crippen LogP contribution in [0.3, 0.4) is 0 Å². The fourth-order valence-corrected chi connectivity index (χ4v) is 1.99. The molecule has 0 fully saturated rings. The topological polar surface area (TPSA) is 62.3 Å². The lowest BCUT2D eigenvalue weighted by molar-refractivity contribution is -0.141. The quantitative estimate of drug-likeness (QED) is 0.668. The van der Waals surface area contributed by atoms with Crippen LogP contribution in [-0.4, -0.2) is 48.7 Å². The molecule has 2 N–H and O–H groups in total. The standard InChI is InChI=1S/C16H18F5N5O/c1-26(2)8-7-22-15-24-12(16(19,20)21)9-13(25-15)23-10-3-5-11(6-4-10)27-14(17)18/h3-6,9,14H,7-8H2,1-2H3,(H2,22,23,24,25). The molecule has 0 atom stereocenters. The number of rotatable bonds is 8. The lowest BCUT2D eigenvalue weighted by atomic mass is 10.3. The van der Waals surface area contributed by atoms with E-state index in [-0.39, 0.29) is 17.5 Å². The monoisotopic (exact) mass is 391 g/mol. The number of alkyl halides is 5. The van der Waals surface area contributed by atoms with Crippen LogP contribution in [0.4, 0.5) is 39.4 Å². The highest BCUT2D eigenvalue weighted by molar-refractivity contribution is 5.58. The summed E-state index contributed by atoms with van der Waals surface area (Å²) in [6.45, 7) is -2.03. The SMILES string of the molecule is CN(C)CCNc1nc(Nc2ccc(OC(F)F)cc2)cc(C(F)(F)F)n1. The molecule has 0 radical (unpaired) electrons. The van der Waals surface area contributed by atoms with Gasteiger partial charge in [0.25, 0.3) is 0 Å². The van der Waals surface area contributed by atoms with Crippen LogP contribution in [0.2, 0.25) is 0 Å². The molecule has 0 aliphatic rings. The van der Waals surface area contributed by atoms with Crippen LogP contribution in [0.15, 0.2) is 30.3 Å². The largest absolute Gasteiger partial charge is 0.435 e. The molecule has 1 aromatic heterocycles. The summed E-state index contributed by atoms with van der Waals surface area (Å²) in [5.74, 6) is -0.334. The van der Waals surface area contributed by atoms with Crippen molar-refractivity contribution in [2.75, 3.05) is 37.8 Å². The van der Waals surface area contributed by atoms with Crippen LogP contribution in [0.5, 0.6) is 5.75 Å². The van der Waals surface area contributed by atoms with Crippen LogP contribution in [0.25, 0.3) is 0 Å². The number of ether oxygens (including phenoxy) is 1. The second kappa shape index (κ2) is 8.80. The molecule has 1 heterocycles. The molecule has 27 heavy (non-hydrogen) atoms. The van der Waals surface area contributed by atoms with E-state index in [0.717, 1.165) is 6.07 Å². The Labute approximate surface area is 152 Å². The molecule has 11 heteroatoms. The van der Waals surface area contributed by atoms with Gasteiger partial charge in [-0.3, -0.25) is 0 Å². The lowest BCUT2D eigenvalue weighted by Gasteiger charge is -2.14. The maximum absolute atomic E-state index is 13.1. The normalized spacial score (nSPS) is 11.7. The number of hydrogen-bond acceptors (Lipinski definition) is 6. The van der Waals surface area contributed by atoms with Crippen LogP contribution < -0.4 is 15.4 Å². The van der Waals surface area contributed by atoms with Crippen LogP contribution >= 0.6 is 0 Å². The van der Waals surface area contributed by atoms with Crippen molar-refractivity contribution in [3.63, 3.8) is 0 Å².